The number of nitrogens with one attached hydrogen (secondary N) is 1. The molecule has 6 heteroatoms. The van der Waals surface area contributed by atoms with Crippen molar-refractivity contribution >= 4 is 10.9 Å². The van der Waals surface area contributed by atoms with Crippen LogP contribution in [0, 0.1) is 6.92 Å². The topological polar surface area (TPSA) is 70.5 Å². The van der Waals surface area contributed by atoms with Crippen molar-refractivity contribution in [2.45, 2.75) is 64.0 Å². The number of nitrogens with zero attached hydrogens (tertiary/aromatic N) is 2. The van der Waals surface area contributed by atoms with E-state index in [-0.39, 0.29) is 17.7 Å². The molecule has 0 amide bonds. The Kier molecular flexibility index (Phi) is 6.40. The normalized spacial score (nSPS) is 22.6. The molecule has 2 aliphatic heterocycles. The van der Waals surface area contributed by atoms with Crippen LogP contribution in [0.4, 0.5) is 0 Å². The van der Waals surface area contributed by atoms with Gasteiger partial charge in [-0.3, -0.25) is 9.69 Å². The van der Waals surface area contributed by atoms with Crippen molar-refractivity contribution in [3.8, 4) is 11.3 Å². The highest BCUT2D eigenvalue weighted by atomic mass is 16.5. The van der Waals surface area contributed by atoms with E-state index >= 15 is 0 Å². The third-order valence-electron chi connectivity index (χ3n) is 7.85. The van der Waals surface area contributed by atoms with E-state index in [1.807, 2.05) is 26.2 Å². The number of hydrogen-bond acceptors (Lipinski definition) is 4. The number of rotatable bonds is 4. The number of fused-ring (bicyclic) bond motifs is 1. The third kappa shape index (κ3) is 4.23. The molecule has 34 heavy (non-hydrogen) atoms. The van der Waals surface area contributed by atoms with Crippen molar-refractivity contribution < 1.29 is 9.84 Å². The Hall–Kier alpha value is -2.41. The summed E-state index contributed by atoms with van der Waals surface area (Å²) in [5.74, 6) is 0.893. The van der Waals surface area contributed by atoms with E-state index in [0.29, 0.717) is 18.4 Å². The fourth-order valence-corrected chi connectivity index (χ4v) is 6.03. The molecule has 2 aromatic heterocycles. The molecule has 0 aliphatic carbocycles. The van der Waals surface area contributed by atoms with E-state index in [0.717, 1.165) is 61.3 Å². The zero-order chi connectivity index (χ0) is 24.0. The van der Waals surface area contributed by atoms with Crippen LogP contribution >= 0.6 is 0 Å². The number of piperidine rings is 1. The van der Waals surface area contributed by atoms with Gasteiger partial charge in [0.2, 0.25) is 0 Å². The number of likely N-dealkylation sites (tertiary alicyclic amines) is 1. The second-order valence-corrected chi connectivity index (χ2v) is 10.5. The second kappa shape index (κ2) is 9.33. The summed E-state index contributed by atoms with van der Waals surface area (Å²) in [4.78, 5) is 18.4. The highest BCUT2D eigenvalue weighted by Gasteiger charge is 2.32. The van der Waals surface area contributed by atoms with E-state index in [4.69, 9.17) is 4.74 Å². The van der Waals surface area contributed by atoms with Gasteiger partial charge >= 0.3 is 0 Å². The Morgan fingerprint density at radius 3 is 2.59 bits per heavy atom. The van der Waals surface area contributed by atoms with Crippen LogP contribution in [0.25, 0.3) is 22.2 Å². The second-order valence-electron chi connectivity index (χ2n) is 10.5. The van der Waals surface area contributed by atoms with Gasteiger partial charge in [-0.25, -0.2) is 0 Å². The fraction of sp³-hybridized carbons (Fsp3) is 0.536. The molecule has 5 rings (SSSR count). The van der Waals surface area contributed by atoms with Crippen LogP contribution in [0.1, 0.15) is 61.6 Å². The predicted octanol–water partition coefficient (Wildman–Crippen LogP) is 4.29. The van der Waals surface area contributed by atoms with Crippen LogP contribution in [0.5, 0.6) is 0 Å². The molecule has 0 bridgehead atoms. The Morgan fingerprint density at radius 2 is 1.91 bits per heavy atom. The van der Waals surface area contributed by atoms with E-state index < -0.39 is 0 Å². The van der Waals surface area contributed by atoms with Gasteiger partial charge < -0.3 is 19.4 Å². The SMILES string of the molecule is Cc1cc(-c2[nH]c3ccc(C4CCN([C@H]5CCOC[C@@H]5O)CC4)cc3c2C(C)C)cn(C)c1=O. The number of benzene rings is 1. The van der Waals surface area contributed by atoms with Crippen molar-refractivity contribution in [3.05, 3.63) is 57.5 Å². The maximum Gasteiger partial charge on any atom is 0.253 e. The van der Waals surface area contributed by atoms with Gasteiger partial charge in [-0.15, -0.1) is 0 Å². The van der Waals surface area contributed by atoms with Gasteiger partial charge in [-0.05, 0) is 80.4 Å². The molecule has 2 saturated heterocycles. The summed E-state index contributed by atoms with van der Waals surface area (Å²) < 4.78 is 7.10. The molecule has 2 N–H and O–H groups in total. The van der Waals surface area contributed by atoms with Gasteiger partial charge in [0.1, 0.15) is 0 Å². The van der Waals surface area contributed by atoms with Gasteiger partial charge in [-0.1, -0.05) is 19.9 Å². The first-order valence-electron chi connectivity index (χ1n) is 12.7. The molecule has 0 radical (unpaired) electrons. The predicted molar refractivity (Wildman–Crippen MR) is 137 cm³/mol. The average molecular weight is 464 g/mol. The van der Waals surface area contributed by atoms with E-state index in [1.165, 1.54) is 16.5 Å². The monoisotopic (exact) mass is 463 g/mol. The molecule has 2 fully saturated rings. The zero-order valence-electron chi connectivity index (χ0n) is 20.8. The minimum atomic E-state index is -0.366. The Labute approximate surface area is 201 Å². The summed E-state index contributed by atoms with van der Waals surface area (Å²) in [6, 6.07) is 9.14. The van der Waals surface area contributed by atoms with Crippen LogP contribution in [-0.2, 0) is 11.8 Å². The maximum atomic E-state index is 12.2. The molecular weight excluding hydrogens is 426 g/mol. The Bertz CT molecular complexity index is 1210. The van der Waals surface area contributed by atoms with Crippen LogP contribution in [0.15, 0.2) is 35.3 Å². The van der Waals surface area contributed by atoms with Crippen molar-refractivity contribution in [1.82, 2.24) is 14.5 Å². The van der Waals surface area contributed by atoms with Crippen LogP contribution in [-0.4, -0.2) is 58.0 Å². The van der Waals surface area contributed by atoms with Gasteiger partial charge in [0, 0.05) is 47.9 Å². The van der Waals surface area contributed by atoms with Gasteiger partial charge in [0.25, 0.3) is 5.56 Å². The lowest BCUT2D eigenvalue weighted by Crippen LogP contribution is -2.51. The molecule has 0 saturated carbocycles. The van der Waals surface area contributed by atoms with Crippen LogP contribution < -0.4 is 5.56 Å². The van der Waals surface area contributed by atoms with Crippen molar-refractivity contribution in [2.75, 3.05) is 26.3 Å². The quantitative estimate of drug-likeness (QED) is 0.605. The molecule has 3 aromatic rings. The summed E-state index contributed by atoms with van der Waals surface area (Å²) in [6.07, 6.45) is 4.72. The largest absolute Gasteiger partial charge is 0.389 e. The molecule has 0 unspecified atom stereocenters. The van der Waals surface area contributed by atoms with Gasteiger partial charge in [0.05, 0.1) is 18.4 Å². The molecule has 4 heterocycles. The summed E-state index contributed by atoms with van der Waals surface area (Å²) in [7, 11) is 1.82. The molecule has 1 aromatic carbocycles. The van der Waals surface area contributed by atoms with Crippen molar-refractivity contribution in [2.24, 2.45) is 7.05 Å². The molecule has 182 valence electrons. The molecule has 0 spiro atoms. The van der Waals surface area contributed by atoms with E-state index in [1.54, 1.807) is 4.57 Å². The number of aromatic amines is 1. The molecule has 2 atom stereocenters. The number of aromatic nitrogens is 2. The number of ether oxygens (including phenoxy) is 1. The Morgan fingerprint density at radius 1 is 1.15 bits per heavy atom. The van der Waals surface area contributed by atoms with Crippen molar-refractivity contribution in [1.29, 1.82) is 0 Å². The fourth-order valence-electron chi connectivity index (χ4n) is 6.03. The lowest BCUT2D eigenvalue weighted by Gasteiger charge is -2.41. The highest BCUT2D eigenvalue weighted by molar-refractivity contribution is 5.92. The minimum absolute atomic E-state index is 0.0489. The van der Waals surface area contributed by atoms with E-state index in [9.17, 15) is 9.90 Å². The smallest absolute Gasteiger partial charge is 0.253 e. The number of pyridine rings is 1. The van der Waals surface area contributed by atoms with Gasteiger partial charge in [-0.2, -0.15) is 0 Å². The Balaban J connectivity index is 1.44. The molecule has 6 nitrogen and oxygen atoms in total. The zero-order valence-corrected chi connectivity index (χ0v) is 20.8. The lowest BCUT2D eigenvalue weighted by atomic mass is 9.86. The van der Waals surface area contributed by atoms with Gasteiger partial charge in [0.15, 0.2) is 0 Å². The number of H-pyrrole nitrogens is 1. The minimum Gasteiger partial charge on any atom is -0.389 e. The van der Waals surface area contributed by atoms with Crippen molar-refractivity contribution in [3.63, 3.8) is 0 Å². The molecular formula is C28H37N3O3. The van der Waals surface area contributed by atoms with E-state index in [2.05, 4.69) is 41.9 Å². The first-order chi connectivity index (χ1) is 16.3. The maximum absolute atomic E-state index is 12.2. The molecule has 2 aliphatic rings. The summed E-state index contributed by atoms with van der Waals surface area (Å²) >= 11 is 0. The average Bonchev–Trinajstić information content (AvgIpc) is 3.22. The standard InChI is InChI=1S/C28H37N3O3/c1-17(2)26-22-14-20(19-7-10-31(11-8-19)24-9-12-34-16-25(24)32)5-6-23(22)29-27(26)21-13-18(3)28(33)30(4)15-21/h5-6,13-15,17,19,24-25,29,32H,7-12,16H2,1-4H3/t24-,25-/m0/s1. The summed E-state index contributed by atoms with van der Waals surface area (Å²) in [5.41, 5.74) is 6.86. The number of aliphatic hydroxyl groups is 1. The number of hydrogen-bond donors (Lipinski definition) is 2. The summed E-state index contributed by atoms with van der Waals surface area (Å²) in [5, 5.41) is 11.6. The lowest BCUT2D eigenvalue weighted by molar-refractivity contribution is -0.0692. The summed E-state index contributed by atoms with van der Waals surface area (Å²) in [6.45, 7) is 9.63. The first-order valence-corrected chi connectivity index (χ1v) is 12.7. The number of aliphatic hydroxyl groups excluding tert-OH is 1. The first kappa shape index (κ1) is 23.3. The van der Waals surface area contributed by atoms with Crippen LogP contribution in [0.2, 0.25) is 0 Å². The third-order valence-corrected chi connectivity index (χ3v) is 7.85. The number of aryl methyl sites for hydroxylation is 2. The highest BCUT2D eigenvalue weighted by Crippen LogP contribution is 2.38. The van der Waals surface area contributed by atoms with Crippen LogP contribution in [0.3, 0.4) is 0 Å².